The van der Waals surface area contributed by atoms with Crippen LogP contribution in [0.2, 0.25) is 0 Å². The molecule has 0 atom stereocenters. The molecule has 1 aliphatic carbocycles. The fraction of sp³-hybridized carbons (Fsp3) is 0.909. The Morgan fingerprint density at radius 2 is 2.07 bits per heavy atom. The van der Waals surface area contributed by atoms with Crippen LogP contribution in [0.3, 0.4) is 0 Å². The van der Waals surface area contributed by atoms with Gasteiger partial charge in [-0.15, -0.1) is 0 Å². The van der Waals surface area contributed by atoms with Gasteiger partial charge < -0.3 is 15.8 Å². The second-order valence-corrected chi connectivity index (χ2v) is 4.71. The standard InChI is InChI=1S/C11H20N2O2/c12-8-11(4-1-5-11)13-10(14)9-2-6-15-7-3-9/h9H,1-8,12H2,(H,13,14). The number of carbonyl (C=O) groups excluding carboxylic acids is 1. The predicted octanol–water partition coefficient (Wildman–Crippen LogP) is 0.411. The first-order valence-electron chi connectivity index (χ1n) is 5.86. The Kier molecular flexibility index (Phi) is 3.26. The molecule has 0 aromatic rings. The number of amides is 1. The Bertz CT molecular complexity index is 227. The van der Waals surface area contributed by atoms with Crippen molar-refractivity contribution in [3.05, 3.63) is 0 Å². The maximum absolute atomic E-state index is 11.9. The van der Waals surface area contributed by atoms with E-state index in [0.717, 1.165) is 25.7 Å². The van der Waals surface area contributed by atoms with Crippen LogP contribution in [0.4, 0.5) is 0 Å². The van der Waals surface area contributed by atoms with Gasteiger partial charge in [0.25, 0.3) is 0 Å². The second-order valence-electron chi connectivity index (χ2n) is 4.71. The lowest BCUT2D eigenvalue weighted by Crippen LogP contribution is -2.59. The van der Waals surface area contributed by atoms with Crippen molar-refractivity contribution < 1.29 is 9.53 Å². The van der Waals surface area contributed by atoms with Crippen LogP contribution in [-0.2, 0) is 9.53 Å². The lowest BCUT2D eigenvalue weighted by molar-refractivity contribution is -0.130. The van der Waals surface area contributed by atoms with Crippen molar-refractivity contribution >= 4 is 5.91 Å². The number of hydrogen-bond donors (Lipinski definition) is 2. The molecule has 2 fully saturated rings. The molecular formula is C11H20N2O2. The molecule has 0 radical (unpaired) electrons. The van der Waals surface area contributed by atoms with Crippen LogP contribution in [0.25, 0.3) is 0 Å². The summed E-state index contributed by atoms with van der Waals surface area (Å²) in [6.45, 7) is 2.00. The van der Waals surface area contributed by atoms with E-state index in [4.69, 9.17) is 10.5 Å². The lowest BCUT2D eigenvalue weighted by atomic mass is 9.76. The summed E-state index contributed by atoms with van der Waals surface area (Å²) < 4.78 is 5.24. The van der Waals surface area contributed by atoms with Crippen molar-refractivity contribution in [2.45, 2.75) is 37.6 Å². The van der Waals surface area contributed by atoms with Gasteiger partial charge in [-0.3, -0.25) is 4.79 Å². The van der Waals surface area contributed by atoms with Gasteiger partial charge in [0.15, 0.2) is 0 Å². The van der Waals surface area contributed by atoms with Crippen LogP contribution >= 0.6 is 0 Å². The molecule has 3 N–H and O–H groups in total. The van der Waals surface area contributed by atoms with E-state index in [1.807, 2.05) is 0 Å². The third kappa shape index (κ3) is 2.32. The molecule has 4 heteroatoms. The smallest absolute Gasteiger partial charge is 0.223 e. The van der Waals surface area contributed by atoms with Crippen LogP contribution in [0.1, 0.15) is 32.1 Å². The third-order valence-electron chi connectivity index (χ3n) is 3.68. The van der Waals surface area contributed by atoms with Crippen molar-refractivity contribution in [3.8, 4) is 0 Å². The van der Waals surface area contributed by atoms with E-state index < -0.39 is 0 Å². The SMILES string of the molecule is NCC1(NC(=O)C2CCOCC2)CCC1. The molecule has 1 aliphatic heterocycles. The van der Waals surface area contributed by atoms with E-state index in [9.17, 15) is 4.79 Å². The summed E-state index contributed by atoms with van der Waals surface area (Å²) in [5, 5.41) is 3.13. The van der Waals surface area contributed by atoms with Crippen molar-refractivity contribution in [3.63, 3.8) is 0 Å². The number of hydrogen-bond acceptors (Lipinski definition) is 3. The first-order chi connectivity index (χ1) is 7.26. The summed E-state index contributed by atoms with van der Waals surface area (Å²) in [5.41, 5.74) is 5.63. The fourth-order valence-electron chi connectivity index (χ4n) is 2.31. The molecule has 4 nitrogen and oxygen atoms in total. The summed E-state index contributed by atoms with van der Waals surface area (Å²) in [6, 6.07) is 0. The summed E-state index contributed by atoms with van der Waals surface area (Å²) in [5.74, 6) is 0.325. The van der Waals surface area contributed by atoms with Crippen molar-refractivity contribution in [1.29, 1.82) is 0 Å². The Hall–Kier alpha value is -0.610. The highest BCUT2D eigenvalue weighted by atomic mass is 16.5. The average Bonchev–Trinajstić information content (AvgIpc) is 2.24. The molecule has 2 aliphatic rings. The van der Waals surface area contributed by atoms with Gasteiger partial charge in [0.1, 0.15) is 0 Å². The van der Waals surface area contributed by atoms with Crippen LogP contribution in [0.5, 0.6) is 0 Å². The Morgan fingerprint density at radius 1 is 1.40 bits per heavy atom. The van der Waals surface area contributed by atoms with Gasteiger partial charge in [0.2, 0.25) is 5.91 Å². The molecule has 0 unspecified atom stereocenters. The first-order valence-corrected chi connectivity index (χ1v) is 5.86. The minimum atomic E-state index is -0.0740. The molecule has 86 valence electrons. The highest BCUT2D eigenvalue weighted by Crippen LogP contribution is 2.31. The molecule has 1 amide bonds. The zero-order valence-corrected chi connectivity index (χ0v) is 9.13. The largest absolute Gasteiger partial charge is 0.381 e. The topological polar surface area (TPSA) is 64.3 Å². The van der Waals surface area contributed by atoms with Gasteiger partial charge in [0, 0.05) is 25.7 Å². The van der Waals surface area contributed by atoms with Crippen molar-refractivity contribution in [2.24, 2.45) is 11.7 Å². The fourth-order valence-corrected chi connectivity index (χ4v) is 2.31. The Labute approximate surface area is 90.5 Å². The second kappa shape index (κ2) is 4.49. The van der Waals surface area contributed by atoms with Crippen LogP contribution in [-0.4, -0.2) is 31.2 Å². The van der Waals surface area contributed by atoms with Gasteiger partial charge in [-0.25, -0.2) is 0 Å². The normalized spacial score (nSPS) is 25.7. The number of ether oxygens (including phenoxy) is 1. The minimum absolute atomic E-state index is 0.0740. The monoisotopic (exact) mass is 212 g/mol. The number of nitrogens with two attached hydrogens (primary N) is 1. The van der Waals surface area contributed by atoms with Crippen LogP contribution in [0.15, 0.2) is 0 Å². The van der Waals surface area contributed by atoms with Gasteiger partial charge in [-0.1, -0.05) is 0 Å². The lowest BCUT2D eigenvalue weighted by Gasteiger charge is -2.42. The zero-order valence-electron chi connectivity index (χ0n) is 9.13. The van der Waals surface area contributed by atoms with Crippen LogP contribution in [0, 0.1) is 5.92 Å². The molecule has 15 heavy (non-hydrogen) atoms. The number of carbonyl (C=O) groups is 1. The van der Waals surface area contributed by atoms with E-state index in [1.165, 1.54) is 6.42 Å². The highest BCUT2D eigenvalue weighted by Gasteiger charge is 2.38. The molecule has 1 saturated carbocycles. The molecule has 0 spiro atoms. The molecular weight excluding hydrogens is 192 g/mol. The average molecular weight is 212 g/mol. The third-order valence-corrected chi connectivity index (χ3v) is 3.68. The molecule has 0 aromatic carbocycles. The molecule has 0 aromatic heterocycles. The number of nitrogens with one attached hydrogen (secondary N) is 1. The van der Waals surface area contributed by atoms with Crippen LogP contribution < -0.4 is 11.1 Å². The molecule has 0 bridgehead atoms. The summed E-state index contributed by atoms with van der Waals surface area (Å²) in [4.78, 5) is 11.9. The Balaban J connectivity index is 1.85. The molecule has 1 heterocycles. The van der Waals surface area contributed by atoms with E-state index in [2.05, 4.69) is 5.32 Å². The van der Waals surface area contributed by atoms with Gasteiger partial charge >= 0.3 is 0 Å². The van der Waals surface area contributed by atoms with Gasteiger partial charge in [-0.2, -0.15) is 0 Å². The minimum Gasteiger partial charge on any atom is -0.381 e. The maximum atomic E-state index is 11.9. The molecule has 1 saturated heterocycles. The van der Waals surface area contributed by atoms with E-state index in [0.29, 0.717) is 19.8 Å². The van der Waals surface area contributed by atoms with E-state index in [1.54, 1.807) is 0 Å². The first kappa shape index (κ1) is 10.9. The predicted molar refractivity (Wildman–Crippen MR) is 57.3 cm³/mol. The zero-order chi connectivity index (χ0) is 10.7. The van der Waals surface area contributed by atoms with Crippen molar-refractivity contribution in [2.75, 3.05) is 19.8 Å². The van der Waals surface area contributed by atoms with E-state index in [-0.39, 0.29) is 17.4 Å². The summed E-state index contributed by atoms with van der Waals surface area (Å²) in [7, 11) is 0. The summed E-state index contributed by atoms with van der Waals surface area (Å²) in [6.07, 6.45) is 4.97. The van der Waals surface area contributed by atoms with E-state index >= 15 is 0 Å². The van der Waals surface area contributed by atoms with Crippen molar-refractivity contribution in [1.82, 2.24) is 5.32 Å². The molecule has 2 rings (SSSR count). The quantitative estimate of drug-likeness (QED) is 0.712. The number of rotatable bonds is 3. The van der Waals surface area contributed by atoms with Gasteiger partial charge in [0.05, 0.1) is 5.54 Å². The van der Waals surface area contributed by atoms with Gasteiger partial charge in [-0.05, 0) is 32.1 Å². The Morgan fingerprint density at radius 3 is 2.53 bits per heavy atom. The summed E-state index contributed by atoms with van der Waals surface area (Å²) >= 11 is 0. The maximum Gasteiger partial charge on any atom is 0.223 e. The highest BCUT2D eigenvalue weighted by molar-refractivity contribution is 5.79.